The number of hydrazone groups is 1. The summed E-state index contributed by atoms with van der Waals surface area (Å²) in [5, 5.41) is 16.1. The summed E-state index contributed by atoms with van der Waals surface area (Å²) < 4.78 is 7.51. The van der Waals surface area contributed by atoms with E-state index < -0.39 is 0 Å². The third-order valence-electron chi connectivity index (χ3n) is 5.41. The number of hydrogen-bond acceptors (Lipinski definition) is 6. The van der Waals surface area contributed by atoms with Crippen molar-refractivity contribution < 1.29 is 9.21 Å². The van der Waals surface area contributed by atoms with Crippen molar-refractivity contribution in [1.29, 1.82) is 0 Å². The standard InChI is InChI=1S/C24H20ClN5O2S/c1-29-23(17-6-3-2-4-7-17)26-27-24(29)33-15-22(31)30-20(21-8-5-13-32-21)14-19(28-30)16-9-11-18(25)12-10-16/h2-13,20H,14-15H2,1H3. The molecule has 0 N–H and O–H groups in total. The first-order chi connectivity index (χ1) is 16.1. The molecule has 2 aromatic carbocycles. The van der Waals surface area contributed by atoms with Crippen LogP contribution < -0.4 is 0 Å². The summed E-state index contributed by atoms with van der Waals surface area (Å²) in [7, 11) is 1.90. The third-order valence-corrected chi connectivity index (χ3v) is 6.66. The van der Waals surface area contributed by atoms with Crippen LogP contribution in [0.2, 0.25) is 5.02 Å². The SMILES string of the molecule is Cn1c(SCC(=O)N2N=C(c3ccc(Cl)cc3)CC2c2ccco2)nnc1-c1ccccc1. The van der Waals surface area contributed by atoms with Gasteiger partial charge in [-0.05, 0) is 29.8 Å². The van der Waals surface area contributed by atoms with Crippen LogP contribution in [0, 0.1) is 0 Å². The zero-order valence-corrected chi connectivity index (χ0v) is 19.3. The molecule has 0 bridgehead atoms. The molecule has 0 saturated carbocycles. The smallest absolute Gasteiger partial charge is 0.253 e. The van der Waals surface area contributed by atoms with Gasteiger partial charge in [0.25, 0.3) is 5.91 Å². The minimum atomic E-state index is -0.293. The van der Waals surface area contributed by atoms with Crippen molar-refractivity contribution in [2.75, 3.05) is 5.75 Å². The van der Waals surface area contributed by atoms with Gasteiger partial charge >= 0.3 is 0 Å². The minimum Gasteiger partial charge on any atom is -0.467 e. The number of amides is 1. The van der Waals surface area contributed by atoms with Crippen LogP contribution in [0.25, 0.3) is 11.4 Å². The second-order valence-electron chi connectivity index (χ2n) is 7.55. The molecule has 1 amide bonds. The van der Waals surface area contributed by atoms with Crippen molar-refractivity contribution in [3.63, 3.8) is 0 Å². The Morgan fingerprint density at radius 3 is 2.58 bits per heavy atom. The molecule has 0 spiro atoms. The molecule has 1 unspecified atom stereocenters. The molecule has 0 saturated heterocycles. The molecule has 4 aromatic rings. The fourth-order valence-corrected chi connectivity index (χ4v) is 4.62. The Labute approximate surface area is 200 Å². The monoisotopic (exact) mass is 477 g/mol. The third kappa shape index (κ3) is 4.44. The molecule has 0 aliphatic carbocycles. The highest BCUT2D eigenvalue weighted by Gasteiger charge is 2.35. The van der Waals surface area contributed by atoms with Gasteiger partial charge in [0.2, 0.25) is 0 Å². The molecule has 2 aromatic heterocycles. The summed E-state index contributed by atoms with van der Waals surface area (Å²) in [5.74, 6) is 1.50. The Balaban J connectivity index is 1.35. The van der Waals surface area contributed by atoms with E-state index in [1.807, 2.05) is 78.3 Å². The Morgan fingerprint density at radius 1 is 1.06 bits per heavy atom. The molecule has 33 heavy (non-hydrogen) atoms. The summed E-state index contributed by atoms with van der Waals surface area (Å²) in [6, 6.07) is 20.7. The Morgan fingerprint density at radius 2 is 1.85 bits per heavy atom. The van der Waals surface area contributed by atoms with Gasteiger partial charge in [-0.1, -0.05) is 65.8 Å². The second kappa shape index (κ2) is 9.25. The summed E-state index contributed by atoms with van der Waals surface area (Å²) in [6.45, 7) is 0. The zero-order valence-electron chi connectivity index (χ0n) is 17.8. The lowest BCUT2D eigenvalue weighted by molar-refractivity contribution is -0.130. The van der Waals surface area contributed by atoms with E-state index in [9.17, 15) is 4.79 Å². The van der Waals surface area contributed by atoms with Gasteiger partial charge in [-0.2, -0.15) is 5.10 Å². The van der Waals surface area contributed by atoms with Crippen LogP contribution in [-0.4, -0.2) is 37.1 Å². The summed E-state index contributed by atoms with van der Waals surface area (Å²) in [5.41, 5.74) is 2.72. The van der Waals surface area contributed by atoms with Crippen LogP contribution in [0.5, 0.6) is 0 Å². The van der Waals surface area contributed by atoms with Gasteiger partial charge in [-0.25, -0.2) is 5.01 Å². The van der Waals surface area contributed by atoms with Gasteiger partial charge < -0.3 is 8.98 Å². The Kier molecular flexibility index (Phi) is 6.02. The van der Waals surface area contributed by atoms with Crippen LogP contribution in [0.3, 0.4) is 0 Å². The Hall–Kier alpha value is -3.36. The van der Waals surface area contributed by atoms with E-state index >= 15 is 0 Å². The first kappa shape index (κ1) is 21.5. The quantitative estimate of drug-likeness (QED) is 0.357. The van der Waals surface area contributed by atoms with E-state index in [1.54, 1.807) is 6.26 Å². The highest BCUT2D eigenvalue weighted by atomic mass is 35.5. The molecule has 1 atom stereocenters. The lowest BCUT2D eigenvalue weighted by Gasteiger charge is -2.19. The molecule has 1 aliphatic rings. The zero-order chi connectivity index (χ0) is 22.8. The number of benzene rings is 2. The van der Waals surface area contributed by atoms with Crippen LogP contribution in [0.15, 0.2) is 87.7 Å². The molecule has 166 valence electrons. The first-order valence-corrected chi connectivity index (χ1v) is 11.7. The summed E-state index contributed by atoms with van der Waals surface area (Å²) in [4.78, 5) is 13.2. The molecule has 0 radical (unpaired) electrons. The van der Waals surface area contributed by atoms with E-state index in [-0.39, 0.29) is 17.7 Å². The second-order valence-corrected chi connectivity index (χ2v) is 8.93. The lowest BCUT2D eigenvalue weighted by Crippen LogP contribution is -2.28. The molecule has 7 nitrogen and oxygen atoms in total. The van der Waals surface area contributed by atoms with E-state index in [2.05, 4.69) is 15.3 Å². The highest BCUT2D eigenvalue weighted by Crippen LogP contribution is 2.34. The van der Waals surface area contributed by atoms with Gasteiger partial charge in [0, 0.05) is 24.1 Å². The van der Waals surface area contributed by atoms with Crippen molar-refractivity contribution in [3.8, 4) is 11.4 Å². The van der Waals surface area contributed by atoms with Crippen molar-refractivity contribution in [2.24, 2.45) is 12.1 Å². The number of nitrogens with zero attached hydrogens (tertiary/aromatic N) is 5. The number of aromatic nitrogens is 3. The van der Waals surface area contributed by atoms with Crippen molar-refractivity contribution in [3.05, 3.63) is 89.3 Å². The predicted molar refractivity (Wildman–Crippen MR) is 128 cm³/mol. The lowest BCUT2D eigenvalue weighted by atomic mass is 10.0. The summed E-state index contributed by atoms with van der Waals surface area (Å²) in [6.07, 6.45) is 2.17. The maximum absolute atomic E-state index is 13.2. The van der Waals surface area contributed by atoms with E-state index in [0.29, 0.717) is 22.4 Å². The number of rotatable bonds is 6. The van der Waals surface area contributed by atoms with E-state index in [4.69, 9.17) is 16.0 Å². The largest absolute Gasteiger partial charge is 0.467 e. The fourth-order valence-electron chi connectivity index (χ4n) is 3.73. The van der Waals surface area contributed by atoms with Crippen molar-refractivity contribution in [1.82, 2.24) is 19.8 Å². The van der Waals surface area contributed by atoms with E-state index in [0.717, 1.165) is 22.7 Å². The number of carbonyl (C=O) groups excluding carboxylic acids is 1. The molecular formula is C24H20ClN5O2S. The average Bonchev–Trinajstić information content (AvgIpc) is 3.59. The minimum absolute atomic E-state index is 0.130. The molecule has 5 rings (SSSR count). The number of carbonyl (C=O) groups is 1. The van der Waals surface area contributed by atoms with Gasteiger partial charge in [0.15, 0.2) is 11.0 Å². The Bertz CT molecular complexity index is 1290. The molecular weight excluding hydrogens is 458 g/mol. The normalized spacial score (nSPS) is 15.6. The predicted octanol–water partition coefficient (Wildman–Crippen LogP) is 5.20. The van der Waals surface area contributed by atoms with Gasteiger partial charge in [0.05, 0.1) is 17.7 Å². The summed E-state index contributed by atoms with van der Waals surface area (Å²) >= 11 is 7.36. The number of furan rings is 1. The number of hydrogen-bond donors (Lipinski definition) is 0. The molecule has 0 fully saturated rings. The first-order valence-electron chi connectivity index (χ1n) is 10.4. The fraction of sp³-hybridized carbons (Fsp3) is 0.167. The molecule has 1 aliphatic heterocycles. The maximum atomic E-state index is 13.2. The van der Waals surface area contributed by atoms with Crippen LogP contribution in [0.4, 0.5) is 0 Å². The van der Waals surface area contributed by atoms with Gasteiger partial charge in [0.1, 0.15) is 11.8 Å². The van der Waals surface area contributed by atoms with Gasteiger partial charge in [-0.3, -0.25) is 4.79 Å². The molecule has 9 heteroatoms. The topological polar surface area (TPSA) is 76.5 Å². The highest BCUT2D eigenvalue weighted by molar-refractivity contribution is 7.99. The number of halogens is 1. The maximum Gasteiger partial charge on any atom is 0.253 e. The van der Waals surface area contributed by atoms with Crippen molar-refractivity contribution >= 4 is 35.0 Å². The van der Waals surface area contributed by atoms with Crippen LogP contribution >= 0.6 is 23.4 Å². The van der Waals surface area contributed by atoms with Crippen LogP contribution in [-0.2, 0) is 11.8 Å². The number of thioether (sulfide) groups is 1. The molecule has 3 heterocycles. The van der Waals surface area contributed by atoms with Crippen LogP contribution in [0.1, 0.15) is 23.8 Å². The van der Waals surface area contributed by atoms with Gasteiger partial charge in [-0.15, -0.1) is 10.2 Å². The van der Waals surface area contributed by atoms with E-state index in [1.165, 1.54) is 16.8 Å². The van der Waals surface area contributed by atoms with Crippen molar-refractivity contribution in [2.45, 2.75) is 17.6 Å². The average molecular weight is 478 g/mol.